The van der Waals surface area contributed by atoms with E-state index in [1.54, 1.807) is 23.1 Å². The topological polar surface area (TPSA) is 78.9 Å². The lowest BCUT2D eigenvalue weighted by atomic mass is 9.73. The molecule has 6 nitrogen and oxygen atoms in total. The Labute approximate surface area is 168 Å². The number of carbonyl (C=O) groups excluding carboxylic acids is 1. The van der Waals surface area contributed by atoms with Gasteiger partial charge >= 0.3 is 6.16 Å². The Hall–Kier alpha value is -3.09. The molecule has 2 heterocycles. The molecule has 0 spiro atoms. The summed E-state index contributed by atoms with van der Waals surface area (Å²) in [6.07, 6.45) is 0.583. The summed E-state index contributed by atoms with van der Waals surface area (Å²) in [5.41, 5.74) is 2.89. The number of hydrogen-bond donors (Lipinski definition) is 2. The van der Waals surface area contributed by atoms with Crippen molar-refractivity contribution in [3.05, 3.63) is 53.3 Å². The Balaban J connectivity index is 1.68. The molecule has 2 aromatic carbocycles. The highest BCUT2D eigenvalue weighted by atomic mass is 19.1. The molecule has 2 N–H and O–H groups in total. The Morgan fingerprint density at radius 3 is 2.76 bits per heavy atom. The molecule has 2 aromatic rings. The number of hydrogen-bond acceptors (Lipinski definition) is 4. The van der Waals surface area contributed by atoms with E-state index >= 15 is 0 Å². The number of carbonyl (C=O) groups is 2. The smallest absolute Gasteiger partial charge is 0.449 e. The molecule has 152 valence electrons. The Morgan fingerprint density at radius 1 is 1.28 bits per heavy atom. The van der Waals surface area contributed by atoms with E-state index in [9.17, 15) is 14.0 Å². The van der Waals surface area contributed by atoms with Gasteiger partial charge < -0.3 is 20.1 Å². The molecule has 2 aliphatic heterocycles. The van der Waals surface area contributed by atoms with Crippen LogP contribution < -0.4 is 15.0 Å². The molecule has 0 radical (unpaired) electrons. The van der Waals surface area contributed by atoms with Crippen molar-refractivity contribution in [2.75, 3.05) is 16.8 Å². The molecule has 1 unspecified atom stereocenters. The molecule has 4 rings (SSSR count). The summed E-state index contributed by atoms with van der Waals surface area (Å²) >= 11 is 0. The normalized spacial score (nSPS) is 20.2. The van der Waals surface area contributed by atoms with Crippen LogP contribution in [0.1, 0.15) is 43.9 Å². The van der Waals surface area contributed by atoms with Gasteiger partial charge in [0.25, 0.3) is 0 Å². The minimum Gasteiger partial charge on any atom is -0.449 e. The van der Waals surface area contributed by atoms with Crippen molar-refractivity contribution >= 4 is 23.4 Å². The first kappa shape index (κ1) is 19.2. The maximum absolute atomic E-state index is 14.4. The van der Waals surface area contributed by atoms with Crippen LogP contribution in [0.4, 0.5) is 20.6 Å². The summed E-state index contributed by atoms with van der Waals surface area (Å²) in [7, 11) is 0. The van der Waals surface area contributed by atoms with Gasteiger partial charge in [0.1, 0.15) is 11.6 Å². The third-order valence-electron chi connectivity index (χ3n) is 5.63. The number of anilines is 2. The van der Waals surface area contributed by atoms with Crippen molar-refractivity contribution in [2.45, 2.75) is 39.2 Å². The van der Waals surface area contributed by atoms with Gasteiger partial charge in [0.2, 0.25) is 5.91 Å². The molecule has 0 saturated carbocycles. The molecule has 1 fully saturated rings. The Kier molecular flexibility index (Phi) is 4.68. The Bertz CT molecular complexity index is 989. The second kappa shape index (κ2) is 7.06. The molecule has 2 aliphatic rings. The summed E-state index contributed by atoms with van der Waals surface area (Å²) in [5, 5.41) is 12.3. The molecular weight excluding hydrogens is 375 g/mol. The number of benzene rings is 2. The third kappa shape index (κ3) is 3.77. The van der Waals surface area contributed by atoms with Crippen LogP contribution in [0.25, 0.3) is 0 Å². The predicted octanol–water partition coefficient (Wildman–Crippen LogP) is 4.74. The van der Waals surface area contributed by atoms with Crippen molar-refractivity contribution in [1.29, 1.82) is 0 Å². The van der Waals surface area contributed by atoms with Crippen molar-refractivity contribution in [3.8, 4) is 5.75 Å². The fraction of sp³-hybridized carbons (Fsp3) is 0.364. The van der Waals surface area contributed by atoms with Crippen molar-refractivity contribution < 1.29 is 23.8 Å². The number of fused-ring (bicyclic) bond motifs is 1. The lowest BCUT2D eigenvalue weighted by molar-refractivity contribution is -0.117. The van der Waals surface area contributed by atoms with Crippen molar-refractivity contribution in [2.24, 2.45) is 5.41 Å². The van der Waals surface area contributed by atoms with Gasteiger partial charge in [-0.05, 0) is 65.8 Å². The first-order chi connectivity index (χ1) is 13.7. The minimum atomic E-state index is -1.35. The monoisotopic (exact) mass is 398 g/mol. The largest absolute Gasteiger partial charge is 0.511 e. The highest BCUT2D eigenvalue weighted by Crippen LogP contribution is 2.46. The average molecular weight is 398 g/mol. The summed E-state index contributed by atoms with van der Waals surface area (Å²) in [5.74, 6) is -0.0765. The predicted molar refractivity (Wildman–Crippen MR) is 107 cm³/mol. The molecule has 0 aliphatic carbocycles. The fourth-order valence-electron chi connectivity index (χ4n) is 4.34. The van der Waals surface area contributed by atoms with E-state index in [-0.39, 0.29) is 28.9 Å². The quantitative estimate of drug-likeness (QED) is 0.576. The number of ether oxygens (including phenoxy) is 1. The number of nitrogens with zero attached hydrogens (tertiary/aromatic N) is 1. The average Bonchev–Trinajstić information content (AvgIpc) is 3.05. The van der Waals surface area contributed by atoms with E-state index < -0.39 is 6.16 Å². The Morgan fingerprint density at radius 2 is 2.07 bits per heavy atom. The number of carboxylic acid groups (broad SMARTS) is 1. The van der Waals surface area contributed by atoms with Crippen LogP contribution in [0.3, 0.4) is 0 Å². The van der Waals surface area contributed by atoms with E-state index in [1.807, 2.05) is 6.07 Å². The van der Waals surface area contributed by atoms with E-state index in [4.69, 9.17) is 9.84 Å². The van der Waals surface area contributed by atoms with Crippen LogP contribution >= 0.6 is 0 Å². The SMILES string of the molecule is CC1(C)Cc2cc(OC(=O)O)ccc2NC1c1cc(F)cc(N2CCCC2=O)c1. The van der Waals surface area contributed by atoms with E-state index in [0.717, 1.165) is 23.2 Å². The summed E-state index contributed by atoms with van der Waals surface area (Å²) < 4.78 is 19.2. The summed E-state index contributed by atoms with van der Waals surface area (Å²) in [6.45, 7) is 4.76. The van der Waals surface area contributed by atoms with Gasteiger partial charge in [-0.15, -0.1) is 0 Å². The van der Waals surface area contributed by atoms with Crippen LogP contribution in [0, 0.1) is 11.2 Å². The number of rotatable bonds is 3. The van der Waals surface area contributed by atoms with Crippen LogP contribution in [-0.4, -0.2) is 23.7 Å². The second-order valence-corrected chi connectivity index (χ2v) is 8.32. The highest BCUT2D eigenvalue weighted by molar-refractivity contribution is 5.95. The van der Waals surface area contributed by atoms with E-state index in [1.165, 1.54) is 12.1 Å². The molecule has 7 heteroatoms. The number of amides is 1. The van der Waals surface area contributed by atoms with Crippen molar-refractivity contribution in [1.82, 2.24) is 0 Å². The molecule has 0 aromatic heterocycles. The maximum atomic E-state index is 14.4. The highest BCUT2D eigenvalue weighted by Gasteiger charge is 2.37. The zero-order valence-electron chi connectivity index (χ0n) is 16.4. The van der Waals surface area contributed by atoms with Gasteiger partial charge in [-0.2, -0.15) is 0 Å². The zero-order valence-corrected chi connectivity index (χ0v) is 16.4. The van der Waals surface area contributed by atoms with E-state index in [0.29, 0.717) is 25.1 Å². The molecule has 1 atom stereocenters. The van der Waals surface area contributed by atoms with Crippen LogP contribution in [-0.2, 0) is 11.2 Å². The molecule has 1 saturated heterocycles. The standard InChI is InChI=1S/C22H23FN2O4/c1-22(2)12-14-10-17(29-21(27)28)5-6-18(14)24-20(22)13-8-15(23)11-16(9-13)25-7-3-4-19(25)26/h5-6,8-11,20,24H,3-4,7,12H2,1-2H3,(H,27,28). The molecule has 0 bridgehead atoms. The number of halogens is 1. The second-order valence-electron chi connectivity index (χ2n) is 8.32. The lowest BCUT2D eigenvalue weighted by Gasteiger charge is -2.41. The minimum absolute atomic E-state index is 0.0220. The van der Waals surface area contributed by atoms with Crippen LogP contribution in [0.5, 0.6) is 5.75 Å². The van der Waals surface area contributed by atoms with Gasteiger partial charge in [0.05, 0.1) is 6.04 Å². The first-order valence-electron chi connectivity index (χ1n) is 9.64. The van der Waals surface area contributed by atoms with Crippen molar-refractivity contribution in [3.63, 3.8) is 0 Å². The summed E-state index contributed by atoms with van der Waals surface area (Å²) in [6, 6.07) is 9.72. The van der Waals surface area contributed by atoms with Gasteiger partial charge in [-0.3, -0.25) is 4.79 Å². The zero-order chi connectivity index (χ0) is 20.8. The maximum Gasteiger partial charge on any atom is 0.511 e. The first-order valence-corrected chi connectivity index (χ1v) is 9.64. The fourth-order valence-corrected chi connectivity index (χ4v) is 4.34. The van der Waals surface area contributed by atoms with Gasteiger partial charge in [0, 0.05) is 24.3 Å². The van der Waals surface area contributed by atoms with Gasteiger partial charge in [-0.1, -0.05) is 13.8 Å². The van der Waals surface area contributed by atoms with Gasteiger partial charge in [0.15, 0.2) is 0 Å². The van der Waals surface area contributed by atoms with Crippen LogP contribution in [0.2, 0.25) is 0 Å². The van der Waals surface area contributed by atoms with Gasteiger partial charge in [-0.25, -0.2) is 9.18 Å². The molecular formula is C22H23FN2O4. The number of nitrogens with one attached hydrogen (secondary N) is 1. The van der Waals surface area contributed by atoms with Crippen LogP contribution in [0.15, 0.2) is 36.4 Å². The lowest BCUT2D eigenvalue weighted by Crippen LogP contribution is -2.35. The molecule has 1 amide bonds. The third-order valence-corrected chi connectivity index (χ3v) is 5.63. The molecule has 29 heavy (non-hydrogen) atoms. The van der Waals surface area contributed by atoms with E-state index in [2.05, 4.69) is 19.2 Å². The summed E-state index contributed by atoms with van der Waals surface area (Å²) in [4.78, 5) is 24.5.